The predicted octanol–water partition coefficient (Wildman–Crippen LogP) is 5.40. The third kappa shape index (κ3) is 3.56. The number of benzene rings is 1. The zero-order valence-electron chi connectivity index (χ0n) is 17.7. The monoisotopic (exact) mass is 382 g/mol. The Bertz CT molecular complexity index is 880. The van der Waals surface area contributed by atoms with Crippen LogP contribution in [0.3, 0.4) is 0 Å². The standard InChI is InChI=1S/C24H30O4/c1-7-18-21(26)20(22(27)24(8-2,9-3)23(18)28-6)19(25)13-12-17-14-15(4)10-11-16(17)5/h10-14,26H,7-9H2,1-6H3/b13-12+. The number of allylic oxidation sites excluding steroid dienone is 4. The summed E-state index contributed by atoms with van der Waals surface area (Å²) in [4.78, 5) is 26.3. The van der Waals surface area contributed by atoms with Crippen LogP contribution in [0.4, 0.5) is 0 Å². The van der Waals surface area contributed by atoms with Crippen LogP contribution in [0, 0.1) is 19.3 Å². The summed E-state index contributed by atoms with van der Waals surface area (Å²) < 4.78 is 5.55. The summed E-state index contributed by atoms with van der Waals surface area (Å²) in [7, 11) is 1.51. The second kappa shape index (κ2) is 8.59. The topological polar surface area (TPSA) is 63.6 Å². The quantitative estimate of drug-likeness (QED) is 0.507. The highest BCUT2D eigenvalue weighted by molar-refractivity contribution is 6.28. The van der Waals surface area contributed by atoms with Gasteiger partial charge in [0.25, 0.3) is 0 Å². The van der Waals surface area contributed by atoms with Gasteiger partial charge < -0.3 is 9.84 Å². The van der Waals surface area contributed by atoms with Crippen molar-refractivity contribution in [3.63, 3.8) is 0 Å². The zero-order chi connectivity index (χ0) is 21.1. The highest BCUT2D eigenvalue weighted by Crippen LogP contribution is 2.46. The van der Waals surface area contributed by atoms with Crippen molar-refractivity contribution in [2.45, 2.75) is 53.9 Å². The number of aryl methyl sites for hydroxylation is 2. The number of aliphatic hydroxyl groups excluding tert-OH is 1. The van der Waals surface area contributed by atoms with Crippen molar-refractivity contribution in [3.05, 3.63) is 63.6 Å². The molecule has 1 aliphatic rings. The zero-order valence-corrected chi connectivity index (χ0v) is 17.7. The Morgan fingerprint density at radius 1 is 1.18 bits per heavy atom. The number of rotatable bonds is 7. The van der Waals surface area contributed by atoms with Gasteiger partial charge in [-0.25, -0.2) is 0 Å². The normalized spacial score (nSPS) is 16.9. The van der Waals surface area contributed by atoms with Crippen molar-refractivity contribution < 1.29 is 19.4 Å². The van der Waals surface area contributed by atoms with E-state index >= 15 is 0 Å². The van der Waals surface area contributed by atoms with Crippen LogP contribution in [0.1, 0.15) is 56.7 Å². The lowest BCUT2D eigenvalue weighted by molar-refractivity contribution is -0.128. The van der Waals surface area contributed by atoms with Crippen LogP contribution in [0.5, 0.6) is 0 Å². The molecule has 0 heterocycles. The first-order valence-corrected chi connectivity index (χ1v) is 9.82. The minimum absolute atomic E-state index is 0.136. The van der Waals surface area contributed by atoms with Crippen LogP contribution in [0.2, 0.25) is 0 Å². The third-order valence-electron chi connectivity index (χ3n) is 5.75. The molecule has 1 aromatic rings. The lowest BCUT2D eigenvalue weighted by atomic mass is 9.68. The average Bonchev–Trinajstić information content (AvgIpc) is 2.68. The molecular weight excluding hydrogens is 352 g/mol. The van der Waals surface area contributed by atoms with Crippen molar-refractivity contribution in [2.75, 3.05) is 7.11 Å². The molecule has 0 spiro atoms. The molecule has 0 unspecified atom stereocenters. The lowest BCUT2D eigenvalue weighted by Crippen LogP contribution is -2.40. The highest BCUT2D eigenvalue weighted by atomic mass is 16.5. The van der Waals surface area contributed by atoms with Gasteiger partial charge in [-0.05, 0) is 50.3 Å². The molecule has 0 saturated carbocycles. The fourth-order valence-corrected chi connectivity index (χ4v) is 3.95. The SMILES string of the molecule is CCC1=C(OC)C(CC)(CC)C(=O)C(C(=O)/C=C/c2cc(C)ccc2C)=C1O. The van der Waals surface area contributed by atoms with Crippen LogP contribution in [0.15, 0.2) is 46.9 Å². The summed E-state index contributed by atoms with van der Waals surface area (Å²) in [5, 5.41) is 10.8. The number of Topliss-reactive ketones (excluding diaryl/α,β-unsaturated/α-hetero) is 1. The average molecular weight is 383 g/mol. The smallest absolute Gasteiger partial charge is 0.193 e. The molecule has 1 N–H and O–H groups in total. The van der Waals surface area contributed by atoms with Gasteiger partial charge in [-0.2, -0.15) is 0 Å². The van der Waals surface area contributed by atoms with Gasteiger partial charge in [-0.15, -0.1) is 0 Å². The van der Waals surface area contributed by atoms with Gasteiger partial charge in [-0.1, -0.05) is 50.6 Å². The Labute approximate surface area is 167 Å². The van der Waals surface area contributed by atoms with E-state index in [1.54, 1.807) is 6.08 Å². The predicted molar refractivity (Wildman–Crippen MR) is 112 cm³/mol. The molecule has 28 heavy (non-hydrogen) atoms. The van der Waals surface area contributed by atoms with Crippen molar-refractivity contribution in [2.24, 2.45) is 5.41 Å². The summed E-state index contributed by atoms with van der Waals surface area (Å²) in [6.07, 6.45) is 4.56. The molecule has 1 aromatic carbocycles. The van der Waals surface area contributed by atoms with E-state index in [1.165, 1.54) is 13.2 Å². The number of ether oxygens (including phenoxy) is 1. The van der Waals surface area contributed by atoms with Crippen molar-refractivity contribution in [3.8, 4) is 0 Å². The first-order chi connectivity index (χ1) is 13.3. The Balaban J connectivity index is 2.57. The second-order valence-electron chi connectivity index (χ2n) is 7.26. The Morgan fingerprint density at radius 2 is 1.82 bits per heavy atom. The number of aliphatic hydroxyl groups is 1. The van der Waals surface area contributed by atoms with E-state index in [2.05, 4.69) is 0 Å². The van der Waals surface area contributed by atoms with Gasteiger partial charge in [-0.3, -0.25) is 9.59 Å². The molecule has 1 aliphatic carbocycles. The molecule has 0 saturated heterocycles. The van der Waals surface area contributed by atoms with Crippen LogP contribution in [-0.4, -0.2) is 23.8 Å². The molecule has 4 heteroatoms. The van der Waals surface area contributed by atoms with E-state index in [9.17, 15) is 14.7 Å². The van der Waals surface area contributed by atoms with Crippen LogP contribution >= 0.6 is 0 Å². The molecule has 0 atom stereocenters. The highest BCUT2D eigenvalue weighted by Gasteiger charge is 2.49. The van der Waals surface area contributed by atoms with Crippen LogP contribution < -0.4 is 0 Å². The molecule has 4 nitrogen and oxygen atoms in total. The van der Waals surface area contributed by atoms with E-state index < -0.39 is 11.2 Å². The van der Waals surface area contributed by atoms with E-state index in [1.807, 2.05) is 52.8 Å². The molecule has 0 aliphatic heterocycles. The van der Waals surface area contributed by atoms with Crippen LogP contribution in [0.25, 0.3) is 6.08 Å². The summed E-state index contributed by atoms with van der Waals surface area (Å²) >= 11 is 0. The largest absolute Gasteiger partial charge is 0.507 e. The fourth-order valence-electron chi connectivity index (χ4n) is 3.95. The van der Waals surface area contributed by atoms with Gasteiger partial charge in [0, 0.05) is 5.57 Å². The van der Waals surface area contributed by atoms with Gasteiger partial charge in [0.15, 0.2) is 11.6 Å². The van der Waals surface area contributed by atoms with E-state index in [0.717, 1.165) is 16.7 Å². The molecule has 0 amide bonds. The van der Waals surface area contributed by atoms with Gasteiger partial charge in [0.1, 0.15) is 17.1 Å². The van der Waals surface area contributed by atoms with Gasteiger partial charge in [0.05, 0.1) is 12.5 Å². The van der Waals surface area contributed by atoms with Gasteiger partial charge >= 0.3 is 0 Å². The molecule has 150 valence electrons. The summed E-state index contributed by atoms with van der Waals surface area (Å²) in [5.41, 5.74) is 2.53. The Morgan fingerprint density at radius 3 is 2.36 bits per heavy atom. The van der Waals surface area contributed by atoms with E-state index in [-0.39, 0.29) is 17.1 Å². The summed E-state index contributed by atoms with van der Waals surface area (Å²) in [5.74, 6) is -0.606. The number of carbonyl (C=O) groups excluding carboxylic acids is 2. The van der Waals surface area contributed by atoms with Crippen molar-refractivity contribution in [1.29, 1.82) is 0 Å². The maximum Gasteiger partial charge on any atom is 0.193 e. The van der Waals surface area contributed by atoms with Gasteiger partial charge in [0.2, 0.25) is 0 Å². The van der Waals surface area contributed by atoms with Crippen molar-refractivity contribution >= 4 is 17.6 Å². The summed E-state index contributed by atoms with van der Waals surface area (Å²) in [6, 6.07) is 5.98. The third-order valence-corrected chi connectivity index (χ3v) is 5.75. The summed E-state index contributed by atoms with van der Waals surface area (Å²) in [6.45, 7) is 9.64. The Hall–Kier alpha value is -2.62. The minimum Gasteiger partial charge on any atom is -0.507 e. The number of ketones is 2. The van der Waals surface area contributed by atoms with E-state index in [4.69, 9.17) is 4.74 Å². The van der Waals surface area contributed by atoms with E-state index in [0.29, 0.717) is 30.6 Å². The number of carbonyl (C=O) groups is 2. The van der Waals surface area contributed by atoms with Crippen LogP contribution in [-0.2, 0) is 14.3 Å². The lowest BCUT2D eigenvalue weighted by Gasteiger charge is -2.37. The van der Waals surface area contributed by atoms with Crippen molar-refractivity contribution in [1.82, 2.24) is 0 Å². The molecular formula is C24H30O4. The molecule has 0 aromatic heterocycles. The second-order valence-corrected chi connectivity index (χ2v) is 7.26. The molecule has 2 rings (SSSR count). The number of hydrogen-bond acceptors (Lipinski definition) is 4. The maximum absolute atomic E-state index is 13.3. The molecule has 0 radical (unpaired) electrons. The number of methoxy groups -OCH3 is 1. The fraction of sp³-hybridized carbons (Fsp3) is 0.417. The molecule has 0 fully saturated rings. The first kappa shape index (κ1) is 21.7. The maximum atomic E-state index is 13.3. The number of hydrogen-bond donors (Lipinski definition) is 1. The first-order valence-electron chi connectivity index (χ1n) is 9.82. The minimum atomic E-state index is -0.912. The Kier molecular flexibility index (Phi) is 6.65. The molecule has 0 bridgehead atoms.